The number of benzene rings is 3. The molecular weight excluding hydrogens is 448 g/mol. The van der Waals surface area contributed by atoms with Crippen LogP contribution in [0.15, 0.2) is 78.9 Å². The van der Waals surface area contributed by atoms with E-state index in [-0.39, 0.29) is 12.4 Å². The predicted molar refractivity (Wildman–Crippen MR) is 132 cm³/mol. The number of fused-ring (bicyclic) bond motifs is 2. The number of aromatic nitrogens is 1. The molecule has 0 atom stereocenters. The van der Waals surface area contributed by atoms with Crippen LogP contribution in [0.2, 0.25) is 5.02 Å². The van der Waals surface area contributed by atoms with Crippen molar-refractivity contribution in [3.8, 4) is 0 Å². The highest BCUT2D eigenvalue weighted by Crippen LogP contribution is 2.29. The standard InChI is InChI=1S/C28H23ClN2O3/c29-23-12-6-4-10-20(23)26(32)18-34-28(33)27-21-11-5-7-13-24(21)30-25-14-15-31(17-22(25)27)16-19-8-2-1-3-9-19/h1-13H,14-18H2. The Bertz CT molecular complexity index is 1370. The Kier molecular flexibility index (Phi) is 6.39. The summed E-state index contributed by atoms with van der Waals surface area (Å²) in [4.78, 5) is 33.1. The third-order valence-electron chi connectivity index (χ3n) is 6.09. The highest BCUT2D eigenvalue weighted by molar-refractivity contribution is 6.34. The first-order valence-corrected chi connectivity index (χ1v) is 11.6. The number of pyridine rings is 1. The van der Waals surface area contributed by atoms with E-state index in [9.17, 15) is 9.59 Å². The van der Waals surface area contributed by atoms with Gasteiger partial charge in [-0.2, -0.15) is 0 Å². The number of carbonyl (C=O) groups excluding carboxylic acids is 2. The van der Waals surface area contributed by atoms with Crippen molar-refractivity contribution < 1.29 is 14.3 Å². The highest BCUT2D eigenvalue weighted by atomic mass is 35.5. The maximum absolute atomic E-state index is 13.4. The number of rotatable bonds is 6. The number of carbonyl (C=O) groups is 2. The van der Waals surface area contributed by atoms with Crippen LogP contribution in [-0.4, -0.2) is 34.8 Å². The molecule has 3 aromatic carbocycles. The van der Waals surface area contributed by atoms with Crippen molar-refractivity contribution in [3.63, 3.8) is 0 Å². The van der Waals surface area contributed by atoms with Crippen molar-refractivity contribution in [2.45, 2.75) is 19.5 Å². The van der Waals surface area contributed by atoms with Crippen LogP contribution in [-0.2, 0) is 24.2 Å². The van der Waals surface area contributed by atoms with Gasteiger partial charge in [0, 0.05) is 48.3 Å². The first-order chi connectivity index (χ1) is 16.6. The zero-order valence-electron chi connectivity index (χ0n) is 18.5. The zero-order chi connectivity index (χ0) is 23.5. The van der Waals surface area contributed by atoms with Gasteiger partial charge in [0.1, 0.15) is 0 Å². The molecule has 6 heteroatoms. The summed E-state index contributed by atoms with van der Waals surface area (Å²) in [5.74, 6) is -0.853. The Morgan fingerprint density at radius 3 is 2.50 bits per heavy atom. The molecule has 4 aromatic rings. The lowest BCUT2D eigenvalue weighted by atomic mass is 9.95. The summed E-state index contributed by atoms with van der Waals surface area (Å²) in [5, 5.41) is 1.07. The first kappa shape index (κ1) is 22.3. The number of nitrogens with zero attached hydrogens (tertiary/aromatic N) is 2. The number of ether oxygens (including phenoxy) is 1. The average molecular weight is 471 g/mol. The lowest BCUT2D eigenvalue weighted by Gasteiger charge is -2.30. The molecule has 0 saturated heterocycles. The van der Waals surface area contributed by atoms with Crippen molar-refractivity contribution in [2.75, 3.05) is 13.2 Å². The van der Waals surface area contributed by atoms with Crippen LogP contribution in [0.4, 0.5) is 0 Å². The summed E-state index contributed by atoms with van der Waals surface area (Å²) in [6.45, 7) is 1.85. The molecule has 5 rings (SSSR count). The summed E-state index contributed by atoms with van der Waals surface area (Å²) in [7, 11) is 0. The second-order valence-electron chi connectivity index (χ2n) is 8.35. The van der Waals surface area contributed by atoms with Gasteiger partial charge in [-0.3, -0.25) is 14.7 Å². The molecule has 0 radical (unpaired) electrons. The van der Waals surface area contributed by atoms with Gasteiger partial charge >= 0.3 is 5.97 Å². The van der Waals surface area contributed by atoms with Gasteiger partial charge in [-0.1, -0.05) is 72.3 Å². The van der Waals surface area contributed by atoms with Crippen LogP contribution in [0.5, 0.6) is 0 Å². The van der Waals surface area contributed by atoms with Crippen LogP contribution < -0.4 is 0 Å². The molecule has 1 aromatic heterocycles. The van der Waals surface area contributed by atoms with Crippen molar-refractivity contribution in [1.29, 1.82) is 0 Å². The fourth-order valence-electron chi connectivity index (χ4n) is 4.42. The van der Waals surface area contributed by atoms with E-state index in [0.717, 1.165) is 41.7 Å². The second-order valence-corrected chi connectivity index (χ2v) is 8.76. The summed E-state index contributed by atoms with van der Waals surface area (Å²) >= 11 is 6.13. The van der Waals surface area contributed by atoms with E-state index in [0.29, 0.717) is 22.7 Å². The molecule has 2 heterocycles. The van der Waals surface area contributed by atoms with Crippen molar-refractivity contribution in [3.05, 3.63) is 112 Å². The quantitative estimate of drug-likeness (QED) is 0.275. The van der Waals surface area contributed by atoms with Gasteiger partial charge in [-0.25, -0.2) is 4.79 Å². The average Bonchev–Trinajstić information content (AvgIpc) is 2.86. The van der Waals surface area contributed by atoms with Gasteiger partial charge < -0.3 is 4.74 Å². The van der Waals surface area contributed by atoms with Gasteiger partial charge in [0.15, 0.2) is 6.61 Å². The second kappa shape index (κ2) is 9.75. The Hall–Kier alpha value is -3.54. The molecule has 0 unspecified atom stereocenters. The molecule has 0 spiro atoms. The first-order valence-electron chi connectivity index (χ1n) is 11.2. The van der Waals surface area contributed by atoms with Crippen LogP contribution in [0.3, 0.4) is 0 Å². The number of para-hydroxylation sites is 1. The number of halogens is 1. The molecular formula is C28H23ClN2O3. The largest absolute Gasteiger partial charge is 0.454 e. The highest BCUT2D eigenvalue weighted by Gasteiger charge is 2.27. The molecule has 1 aliphatic rings. The van der Waals surface area contributed by atoms with Crippen LogP contribution in [0, 0.1) is 0 Å². The Balaban J connectivity index is 1.44. The maximum atomic E-state index is 13.4. The molecule has 0 saturated carbocycles. The van der Waals surface area contributed by atoms with E-state index >= 15 is 0 Å². The number of Topliss-reactive ketones (excluding diaryl/α,β-unsaturated/α-hetero) is 1. The Morgan fingerprint density at radius 2 is 1.68 bits per heavy atom. The van der Waals surface area contributed by atoms with E-state index in [1.807, 2.05) is 42.5 Å². The SMILES string of the molecule is O=C(COC(=O)c1c2c(nc3ccccc13)CCN(Cc1ccccc1)C2)c1ccccc1Cl. The van der Waals surface area contributed by atoms with Crippen molar-refractivity contribution in [1.82, 2.24) is 9.88 Å². The molecule has 0 bridgehead atoms. The van der Waals surface area contributed by atoms with Crippen molar-refractivity contribution in [2.24, 2.45) is 0 Å². The number of hydrogen-bond acceptors (Lipinski definition) is 5. The fourth-order valence-corrected chi connectivity index (χ4v) is 4.67. The van der Waals surface area contributed by atoms with Crippen molar-refractivity contribution >= 4 is 34.3 Å². The molecule has 5 nitrogen and oxygen atoms in total. The minimum Gasteiger partial charge on any atom is -0.454 e. The molecule has 170 valence electrons. The van der Waals surface area contributed by atoms with E-state index in [1.165, 1.54) is 5.56 Å². The number of hydrogen-bond donors (Lipinski definition) is 0. The molecule has 0 fully saturated rings. The normalized spacial score (nSPS) is 13.4. The Morgan fingerprint density at radius 1 is 0.941 bits per heavy atom. The van der Waals surface area contributed by atoms with Crippen LogP contribution >= 0.6 is 11.6 Å². The lowest BCUT2D eigenvalue weighted by molar-refractivity contribution is 0.0473. The molecule has 0 amide bonds. The van der Waals surface area contributed by atoms with E-state index in [2.05, 4.69) is 17.0 Å². The third kappa shape index (κ3) is 4.58. The van der Waals surface area contributed by atoms with Crippen LogP contribution in [0.1, 0.15) is 37.5 Å². The summed E-state index contributed by atoms with van der Waals surface area (Å²) in [6.07, 6.45) is 0.742. The monoisotopic (exact) mass is 470 g/mol. The number of esters is 1. The van der Waals surface area contributed by atoms with Gasteiger partial charge in [0.2, 0.25) is 5.78 Å². The van der Waals surface area contributed by atoms with Gasteiger partial charge in [0.25, 0.3) is 0 Å². The maximum Gasteiger partial charge on any atom is 0.339 e. The molecule has 0 aliphatic carbocycles. The molecule has 0 N–H and O–H groups in total. The third-order valence-corrected chi connectivity index (χ3v) is 6.42. The van der Waals surface area contributed by atoms with E-state index in [4.69, 9.17) is 21.3 Å². The minimum absolute atomic E-state index is 0.336. The van der Waals surface area contributed by atoms with Gasteiger partial charge in [-0.05, 0) is 23.8 Å². The zero-order valence-corrected chi connectivity index (χ0v) is 19.3. The summed E-state index contributed by atoms with van der Waals surface area (Å²) in [5.41, 5.74) is 4.58. The number of ketones is 1. The topological polar surface area (TPSA) is 59.5 Å². The van der Waals surface area contributed by atoms with E-state index in [1.54, 1.807) is 24.3 Å². The fraction of sp³-hybridized carbons (Fsp3) is 0.179. The Labute approximate surface area is 202 Å². The molecule has 34 heavy (non-hydrogen) atoms. The smallest absolute Gasteiger partial charge is 0.339 e. The van der Waals surface area contributed by atoms with E-state index < -0.39 is 5.97 Å². The van der Waals surface area contributed by atoms with Gasteiger partial charge in [-0.15, -0.1) is 0 Å². The summed E-state index contributed by atoms with van der Waals surface area (Å²) in [6, 6.07) is 24.6. The minimum atomic E-state index is -0.517. The summed E-state index contributed by atoms with van der Waals surface area (Å²) < 4.78 is 5.53. The predicted octanol–water partition coefficient (Wildman–Crippen LogP) is 5.49. The van der Waals surface area contributed by atoms with Gasteiger partial charge in [0.05, 0.1) is 16.1 Å². The molecule has 1 aliphatic heterocycles. The lowest BCUT2D eigenvalue weighted by Crippen LogP contribution is -2.32. The van der Waals surface area contributed by atoms with Crippen LogP contribution in [0.25, 0.3) is 10.9 Å².